The molecule has 1 aliphatic carbocycles. The van der Waals surface area contributed by atoms with Crippen LogP contribution in [0.1, 0.15) is 18.5 Å². The standard InChI is InChI=1S/C10H11N3/c11-8-1-2-9(13-7-8)3-4-10(12)5-6-10/h1-2,7H,5-6,11-12H2. The minimum atomic E-state index is -0.233. The van der Waals surface area contributed by atoms with Gasteiger partial charge in [0.05, 0.1) is 17.4 Å². The highest BCUT2D eigenvalue weighted by atomic mass is 14.8. The van der Waals surface area contributed by atoms with Crippen molar-refractivity contribution in [2.45, 2.75) is 18.4 Å². The molecule has 1 aliphatic rings. The minimum Gasteiger partial charge on any atom is -0.397 e. The van der Waals surface area contributed by atoms with E-state index >= 15 is 0 Å². The number of pyridine rings is 1. The van der Waals surface area contributed by atoms with Crippen LogP contribution in [0.15, 0.2) is 18.3 Å². The fraction of sp³-hybridized carbons (Fsp3) is 0.300. The van der Waals surface area contributed by atoms with Gasteiger partial charge in [0, 0.05) is 0 Å². The maximum Gasteiger partial charge on any atom is 0.113 e. The van der Waals surface area contributed by atoms with E-state index in [-0.39, 0.29) is 5.54 Å². The van der Waals surface area contributed by atoms with Crippen LogP contribution in [0.25, 0.3) is 0 Å². The number of aromatic nitrogens is 1. The molecule has 0 radical (unpaired) electrons. The van der Waals surface area contributed by atoms with Crippen LogP contribution in [0.3, 0.4) is 0 Å². The molecule has 0 saturated heterocycles. The van der Waals surface area contributed by atoms with Crippen molar-refractivity contribution < 1.29 is 0 Å². The molecule has 4 N–H and O–H groups in total. The van der Waals surface area contributed by atoms with E-state index in [2.05, 4.69) is 16.8 Å². The topological polar surface area (TPSA) is 64.9 Å². The summed E-state index contributed by atoms with van der Waals surface area (Å²) < 4.78 is 0. The van der Waals surface area contributed by atoms with Crippen molar-refractivity contribution in [3.63, 3.8) is 0 Å². The van der Waals surface area contributed by atoms with Gasteiger partial charge in [-0.2, -0.15) is 0 Å². The molecule has 1 heterocycles. The summed E-state index contributed by atoms with van der Waals surface area (Å²) in [6.45, 7) is 0. The second kappa shape index (κ2) is 2.75. The van der Waals surface area contributed by atoms with Crippen LogP contribution in [0, 0.1) is 11.8 Å². The lowest BCUT2D eigenvalue weighted by Gasteiger charge is -1.94. The summed E-state index contributed by atoms with van der Waals surface area (Å²) in [4.78, 5) is 4.05. The van der Waals surface area contributed by atoms with Crippen molar-refractivity contribution in [1.82, 2.24) is 4.98 Å². The molecule has 0 atom stereocenters. The molecular weight excluding hydrogens is 162 g/mol. The first-order valence-electron chi connectivity index (χ1n) is 4.22. The fourth-order valence-corrected chi connectivity index (χ4v) is 0.927. The molecule has 0 amide bonds. The molecule has 3 heteroatoms. The maximum atomic E-state index is 5.80. The lowest BCUT2D eigenvalue weighted by atomic mass is 10.2. The zero-order valence-corrected chi connectivity index (χ0v) is 7.25. The highest BCUT2D eigenvalue weighted by Gasteiger charge is 2.36. The molecule has 0 spiro atoms. The fourth-order valence-electron chi connectivity index (χ4n) is 0.927. The first-order chi connectivity index (χ1) is 6.18. The average Bonchev–Trinajstić information content (AvgIpc) is 2.84. The SMILES string of the molecule is Nc1ccc(C#CC2(N)CC2)nc1. The molecule has 1 aromatic rings. The van der Waals surface area contributed by atoms with Crippen LogP contribution < -0.4 is 11.5 Å². The number of nitrogen functional groups attached to an aromatic ring is 1. The molecule has 66 valence electrons. The van der Waals surface area contributed by atoms with E-state index in [0.717, 1.165) is 18.5 Å². The van der Waals surface area contributed by atoms with Gasteiger partial charge in [-0.3, -0.25) is 0 Å². The van der Waals surface area contributed by atoms with Crippen LogP contribution in [0.2, 0.25) is 0 Å². The number of hydrogen-bond donors (Lipinski definition) is 2. The third-order valence-corrected chi connectivity index (χ3v) is 2.01. The van der Waals surface area contributed by atoms with E-state index in [1.165, 1.54) is 0 Å². The Morgan fingerprint density at radius 1 is 1.38 bits per heavy atom. The summed E-state index contributed by atoms with van der Waals surface area (Å²) in [5.74, 6) is 5.93. The van der Waals surface area contributed by atoms with Crippen molar-refractivity contribution in [2.24, 2.45) is 5.73 Å². The van der Waals surface area contributed by atoms with Gasteiger partial charge < -0.3 is 11.5 Å². The molecule has 0 unspecified atom stereocenters. The molecule has 1 aromatic heterocycles. The maximum absolute atomic E-state index is 5.80. The van der Waals surface area contributed by atoms with Gasteiger partial charge in [-0.25, -0.2) is 4.98 Å². The molecule has 0 bridgehead atoms. The number of nitrogens with zero attached hydrogens (tertiary/aromatic N) is 1. The van der Waals surface area contributed by atoms with Crippen molar-refractivity contribution in [3.05, 3.63) is 24.0 Å². The second-order valence-electron chi connectivity index (χ2n) is 3.38. The van der Waals surface area contributed by atoms with Gasteiger partial charge in [0.2, 0.25) is 0 Å². The quantitative estimate of drug-likeness (QED) is 0.562. The number of anilines is 1. The highest BCUT2D eigenvalue weighted by Crippen LogP contribution is 2.30. The number of rotatable bonds is 0. The van der Waals surface area contributed by atoms with E-state index in [4.69, 9.17) is 11.5 Å². The van der Waals surface area contributed by atoms with E-state index in [0.29, 0.717) is 5.69 Å². The van der Waals surface area contributed by atoms with Crippen LogP contribution >= 0.6 is 0 Å². The van der Waals surface area contributed by atoms with Gasteiger partial charge in [-0.1, -0.05) is 5.92 Å². The summed E-state index contributed by atoms with van der Waals surface area (Å²) in [6, 6.07) is 3.58. The Balaban J connectivity index is 2.16. The van der Waals surface area contributed by atoms with E-state index in [1.807, 2.05) is 0 Å². The zero-order valence-electron chi connectivity index (χ0n) is 7.25. The Kier molecular flexibility index (Phi) is 1.71. The third kappa shape index (κ3) is 1.98. The van der Waals surface area contributed by atoms with Crippen LogP contribution in [0.4, 0.5) is 5.69 Å². The van der Waals surface area contributed by atoms with E-state index in [9.17, 15) is 0 Å². The van der Waals surface area contributed by atoms with Crippen molar-refractivity contribution in [1.29, 1.82) is 0 Å². The van der Waals surface area contributed by atoms with Gasteiger partial charge in [-0.05, 0) is 30.9 Å². The Morgan fingerprint density at radius 3 is 2.69 bits per heavy atom. The molecular formula is C10H11N3. The first-order valence-corrected chi connectivity index (χ1v) is 4.22. The predicted molar refractivity (Wildman–Crippen MR) is 51.7 cm³/mol. The third-order valence-electron chi connectivity index (χ3n) is 2.01. The van der Waals surface area contributed by atoms with Gasteiger partial charge in [0.15, 0.2) is 0 Å². The van der Waals surface area contributed by atoms with Crippen molar-refractivity contribution >= 4 is 5.69 Å². The van der Waals surface area contributed by atoms with Crippen LogP contribution in [-0.4, -0.2) is 10.5 Å². The summed E-state index contributed by atoms with van der Waals surface area (Å²) in [7, 11) is 0. The largest absolute Gasteiger partial charge is 0.397 e. The van der Waals surface area contributed by atoms with Crippen molar-refractivity contribution in [2.75, 3.05) is 5.73 Å². The second-order valence-corrected chi connectivity index (χ2v) is 3.38. The summed E-state index contributed by atoms with van der Waals surface area (Å²) in [5, 5.41) is 0. The molecule has 0 aromatic carbocycles. The van der Waals surface area contributed by atoms with Gasteiger partial charge >= 0.3 is 0 Å². The van der Waals surface area contributed by atoms with Crippen molar-refractivity contribution in [3.8, 4) is 11.8 Å². The molecule has 1 fully saturated rings. The Bertz CT molecular complexity index is 365. The number of nitrogens with two attached hydrogens (primary N) is 2. The molecule has 1 saturated carbocycles. The lowest BCUT2D eigenvalue weighted by Crippen LogP contribution is -2.18. The minimum absolute atomic E-state index is 0.233. The zero-order chi connectivity index (χ0) is 9.31. The molecule has 3 nitrogen and oxygen atoms in total. The normalized spacial score (nSPS) is 17.3. The molecule has 2 rings (SSSR count). The van der Waals surface area contributed by atoms with Gasteiger partial charge in [0.1, 0.15) is 5.69 Å². The monoisotopic (exact) mass is 173 g/mol. The summed E-state index contributed by atoms with van der Waals surface area (Å²) in [5.41, 5.74) is 12.4. The van der Waals surface area contributed by atoms with E-state index in [1.54, 1.807) is 18.3 Å². The lowest BCUT2D eigenvalue weighted by molar-refractivity contribution is 0.889. The Hall–Kier alpha value is -1.53. The molecule has 0 aliphatic heterocycles. The molecule has 13 heavy (non-hydrogen) atoms. The predicted octanol–water partition coefficient (Wildman–Crippen LogP) is 0.507. The van der Waals surface area contributed by atoms with Crippen LogP contribution in [-0.2, 0) is 0 Å². The Labute approximate surface area is 77.1 Å². The Morgan fingerprint density at radius 2 is 2.15 bits per heavy atom. The van der Waals surface area contributed by atoms with Gasteiger partial charge in [-0.15, -0.1) is 0 Å². The summed E-state index contributed by atoms with van der Waals surface area (Å²) in [6.07, 6.45) is 3.59. The summed E-state index contributed by atoms with van der Waals surface area (Å²) >= 11 is 0. The first kappa shape index (κ1) is 8.09. The highest BCUT2D eigenvalue weighted by molar-refractivity contribution is 5.40. The smallest absolute Gasteiger partial charge is 0.113 e. The van der Waals surface area contributed by atoms with Crippen LogP contribution in [0.5, 0.6) is 0 Å². The van der Waals surface area contributed by atoms with Gasteiger partial charge in [0.25, 0.3) is 0 Å². The number of hydrogen-bond acceptors (Lipinski definition) is 3. The average molecular weight is 173 g/mol. The van der Waals surface area contributed by atoms with E-state index < -0.39 is 0 Å².